The number of hydrogen-bond donors (Lipinski definition) is 2. The van der Waals surface area contributed by atoms with Crippen molar-refractivity contribution in [1.82, 2.24) is 4.90 Å². The van der Waals surface area contributed by atoms with Crippen molar-refractivity contribution in [2.24, 2.45) is 5.73 Å². The van der Waals surface area contributed by atoms with E-state index in [-0.39, 0.29) is 6.54 Å². The number of carbonyl (C=O) groups excluding carboxylic acids is 1. The monoisotopic (exact) mass is 132 g/mol. The molecule has 3 N–H and O–H groups in total. The zero-order valence-corrected chi connectivity index (χ0v) is 5.66. The fourth-order valence-corrected chi connectivity index (χ4v) is 0.436. The van der Waals surface area contributed by atoms with Crippen LogP contribution >= 0.6 is 0 Å². The summed E-state index contributed by atoms with van der Waals surface area (Å²) >= 11 is 0. The van der Waals surface area contributed by atoms with Gasteiger partial charge in [-0.15, -0.1) is 0 Å². The number of nitrogens with two attached hydrogens (primary N) is 1. The summed E-state index contributed by atoms with van der Waals surface area (Å²) in [5, 5.41) is 8.78. The molecule has 0 fully saturated rings. The molecular formula is C5H12N2O2. The first-order valence-electron chi connectivity index (χ1n) is 2.66. The van der Waals surface area contributed by atoms with E-state index in [9.17, 15) is 4.79 Å². The van der Waals surface area contributed by atoms with Crippen molar-refractivity contribution in [2.75, 3.05) is 20.6 Å². The Kier molecular flexibility index (Phi) is 3.19. The van der Waals surface area contributed by atoms with Gasteiger partial charge in [0.05, 0.1) is 0 Å². The van der Waals surface area contributed by atoms with Crippen LogP contribution in [0.3, 0.4) is 0 Å². The van der Waals surface area contributed by atoms with E-state index < -0.39 is 12.0 Å². The fourth-order valence-electron chi connectivity index (χ4n) is 0.436. The first-order valence-corrected chi connectivity index (χ1v) is 2.66. The highest BCUT2D eigenvalue weighted by Crippen LogP contribution is 1.82. The molecule has 0 bridgehead atoms. The van der Waals surface area contributed by atoms with Crippen LogP contribution in [0.15, 0.2) is 0 Å². The second kappa shape index (κ2) is 3.42. The normalized spacial score (nSPS) is 13.8. The lowest BCUT2D eigenvalue weighted by Gasteiger charge is -2.11. The van der Waals surface area contributed by atoms with Crippen molar-refractivity contribution in [2.45, 2.75) is 6.10 Å². The van der Waals surface area contributed by atoms with Crippen LogP contribution in [0.1, 0.15) is 0 Å². The first kappa shape index (κ1) is 8.39. The molecule has 0 rings (SSSR count). The Morgan fingerprint density at radius 1 is 1.78 bits per heavy atom. The summed E-state index contributed by atoms with van der Waals surface area (Å²) in [6, 6.07) is 0. The number of amides is 1. The summed E-state index contributed by atoms with van der Waals surface area (Å²) in [5.41, 5.74) is 4.77. The van der Waals surface area contributed by atoms with Gasteiger partial charge in [0.2, 0.25) is 5.91 Å². The number of likely N-dealkylation sites (N-methyl/N-ethyl adjacent to an activating group) is 1. The molecule has 54 valence electrons. The van der Waals surface area contributed by atoms with Crippen LogP contribution in [0.5, 0.6) is 0 Å². The molecule has 4 nitrogen and oxygen atoms in total. The molecule has 1 atom stereocenters. The van der Waals surface area contributed by atoms with Gasteiger partial charge in [-0.25, -0.2) is 0 Å². The Bertz CT molecular complexity index is 103. The van der Waals surface area contributed by atoms with Crippen LogP contribution in [0.25, 0.3) is 0 Å². The second-order valence-corrected chi connectivity index (χ2v) is 2.18. The van der Waals surface area contributed by atoms with Gasteiger partial charge in [-0.1, -0.05) is 0 Å². The number of primary amides is 1. The van der Waals surface area contributed by atoms with Crippen molar-refractivity contribution in [3.63, 3.8) is 0 Å². The average molecular weight is 132 g/mol. The van der Waals surface area contributed by atoms with Crippen LogP contribution in [0.2, 0.25) is 0 Å². The summed E-state index contributed by atoms with van der Waals surface area (Å²) in [6.45, 7) is 0.287. The van der Waals surface area contributed by atoms with Gasteiger partial charge in [0, 0.05) is 6.54 Å². The maximum Gasteiger partial charge on any atom is 0.247 e. The van der Waals surface area contributed by atoms with Crippen LogP contribution < -0.4 is 5.73 Å². The SMILES string of the molecule is CN(C)C[C@@H](O)C(N)=O. The van der Waals surface area contributed by atoms with Crippen molar-refractivity contribution in [3.8, 4) is 0 Å². The minimum absolute atomic E-state index is 0.287. The van der Waals surface area contributed by atoms with E-state index in [4.69, 9.17) is 10.8 Å². The molecular weight excluding hydrogens is 120 g/mol. The van der Waals surface area contributed by atoms with Crippen molar-refractivity contribution in [3.05, 3.63) is 0 Å². The Morgan fingerprint density at radius 3 is 2.33 bits per heavy atom. The molecule has 0 aromatic heterocycles. The van der Waals surface area contributed by atoms with Gasteiger partial charge in [0.25, 0.3) is 0 Å². The van der Waals surface area contributed by atoms with Crippen LogP contribution in [0, 0.1) is 0 Å². The number of aliphatic hydroxyl groups excluding tert-OH is 1. The summed E-state index contributed by atoms with van der Waals surface area (Å²) in [6.07, 6.45) is -1.04. The summed E-state index contributed by atoms with van der Waals surface area (Å²) in [4.78, 5) is 11.9. The zero-order valence-electron chi connectivity index (χ0n) is 5.66. The molecule has 0 aliphatic carbocycles. The molecule has 0 spiro atoms. The van der Waals surface area contributed by atoms with E-state index in [2.05, 4.69) is 0 Å². The Hall–Kier alpha value is -0.610. The van der Waals surface area contributed by atoms with Gasteiger partial charge in [-0.3, -0.25) is 4.79 Å². The van der Waals surface area contributed by atoms with Crippen LogP contribution in [-0.4, -0.2) is 42.7 Å². The van der Waals surface area contributed by atoms with E-state index in [1.165, 1.54) is 0 Å². The lowest BCUT2D eigenvalue weighted by molar-refractivity contribution is -0.126. The molecule has 4 heteroatoms. The Balaban J connectivity index is 3.50. The molecule has 0 saturated carbocycles. The molecule has 0 radical (unpaired) electrons. The quantitative estimate of drug-likeness (QED) is 0.485. The average Bonchev–Trinajstić information content (AvgIpc) is 1.63. The highest BCUT2D eigenvalue weighted by atomic mass is 16.3. The topological polar surface area (TPSA) is 66.6 Å². The third kappa shape index (κ3) is 3.93. The van der Waals surface area contributed by atoms with Gasteiger partial charge in [0.15, 0.2) is 0 Å². The second-order valence-electron chi connectivity index (χ2n) is 2.18. The van der Waals surface area contributed by atoms with Crippen LogP contribution in [0.4, 0.5) is 0 Å². The molecule has 0 heterocycles. The van der Waals surface area contributed by atoms with Gasteiger partial charge >= 0.3 is 0 Å². The number of hydrogen-bond acceptors (Lipinski definition) is 3. The lowest BCUT2D eigenvalue weighted by atomic mass is 10.3. The third-order valence-corrected chi connectivity index (χ3v) is 0.867. The maximum absolute atomic E-state index is 10.2. The number of rotatable bonds is 3. The fraction of sp³-hybridized carbons (Fsp3) is 0.800. The molecule has 0 unspecified atom stereocenters. The molecule has 0 aliphatic heterocycles. The van der Waals surface area contributed by atoms with E-state index >= 15 is 0 Å². The van der Waals surface area contributed by atoms with Crippen molar-refractivity contribution >= 4 is 5.91 Å². The van der Waals surface area contributed by atoms with Crippen molar-refractivity contribution < 1.29 is 9.90 Å². The minimum Gasteiger partial charge on any atom is -0.382 e. The van der Waals surface area contributed by atoms with E-state index in [0.29, 0.717) is 0 Å². The third-order valence-electron chi connectivity index (χ3n) is 0.867. The molecule has 0 saturated heterocycles. The minimum atomic E-state index is -1.04. The Morgan fingerprint density at radius 2 is 2.22 bits per heavy atom. The predicted molar refractivity (Wildman–Crippen MR) is 33.8 cm³/mol. The summed E-state index contributed by atoms with van der Waals surface area (Å²) in [5.74, 6) is -0.677. The Labute approximate surface area is 54.3 Å². The lowest BCUT2D eigenvalue weighted by Crippen LogP contribution is -2.37. The first-order chi connectivity index (χ1) is 4.04. The predicted octanol–water partition coefficient (Wildman–Crippen LogP) is -1.61. The van der Waals surface area contributed by atoms with E-state index in [0.717, 1.165) is 0 Å². The van der Waals surface area contributed by atoms with Gasteiger partial charge in [-0.05, 0) is 14.1 Å². The molecule has 0 aliphatic rings. The van der Waals surface area contributed by atoms with Gasteiger partial charge < -0.3 is 15.7 Å². The summed E-state index contributed by atoms with van der Waals surface area (Å²) in [7, 11) is 3.51. The zero-order chi connectivity index (χ0) is 7.44. The van der Waals surface area contributed by atoms with Gasteiger partial charge in [-0.2, -0.15) is 0 Å². The van der Waals surface area contributed by atoms with E-state index in [1.54, 1.807) is 19.0 Å². The molecule has 0 aromatic carbocycles. The maximum atomic E-state index is 10.2. The highest BCUT2D eigenvalue weighted by Gasteiger charge is 2.10. The van der Waals surface area contributed by atoms with Gasteiger partial charge in [0.1, 0.15) is 6.10 Å². The number of carbonyl (C=O) groups is 1. The number of nitrogens with zero attached hydrogens (tertiary/aromatic N) is 1. The standard InChI is InChI=1S/C5H12N2O2/c1-7(2)3-4(8)5(6)9/h4,8H,3H2,1-2H3,(H2,6,9)/t4-/m1/s1. The van der Waals surface area contributed by atoms with Crippen molar-refractivity contribution in [1.29, 1.82) is 0 Å². The smallest absolute Gasteiger partial charge is 0.247 e. The van der Waals surface area contributed by atoms with Crippen LogP contribution in [-0.2, 0) is 4.79 Å². The molecule has 1 amide bonds. The number of aliphatic hydroxyl groups is 1. The highest BCUT2D eigenvalue weighted by molar-refractivity contribution is 5.78. The molecule has 9 heavy (non-hydrogen) atoms. The largest absolute Gasteiger partial charge is 0.382 e. The van der Waals surface area contributed by atoms with E-state index in [1.807, 2.05) is 0 Å². The summed E-state index contributed by atoms with van der Waals surface area (Å²) < 4.78 is 0. The molecule has 0 aromatic rings.